The van der Waals surface area contributed by atoms with Crippen molar-refractivity contribution < 1.29 is 8.42 Å². The summed E-state index contributed by atoms with van der Waals surface area (Å²) in [6, 6.07) is 9.62. The molecule has 4 nitrogen and oxygen atoms in total. The molecule has 6 heteroatoms. The Morgan fingerprint density at radius 3 is 2.30 bits per heavy atom. The maximum Gasteiger partial charge on any atom is 0.256 e. The molecule has 0 radical (unpaired) electrons. The summed E-state index contributed by atoms with van der Waals surface area (Å²) in [6.07, 6.45) is 0.479. The molecule has 0 unspecified atom stereocenters. The molecule has 2 aromatic rings. The van der Waals surface area contributed by atoms with E-state index in [1.807, 2.05) is 48.9 Å². The minimum absolute atomic E-state index is 0.0198. The molecular formula is C17H24N2O2S2. The fourth-order valence-corrected chi connectivity index (χ4v) is 4.84. The average Bonchev–Trinajstić information content (AvgIpc) is 2.74. The zero-order chi connectivity index (χ0) is 17.3. The third-order valence-electron chi connectivity index (χ3n) is 3.70. The molecule has 0 saturated carbocycles. The monoisotopic (exact) mass is 352 g/mol. The third-order valence-corrected chi connectivity index (χ3v) is 6.65. The second-order valence-corrected chi connectivity index (χ2v) is 9.45. The Bertz CT molecular complexity index is 839. The lowest BCUT2D eigenvalue weighted by Crippen LogP contribution is -2.17. The van der Waals surface area contributed by atoms with E-state index in [0.717, 1.165) is 16.1 Å². The predicted octanol–water partition coefficient (Wildman–Crippen LogP) is 3.17. The number of aryl methyl sites for hydroxylation is 1. The van der Waals surface area contributed by atoms with Crippen molar-refractivity contribution in [3.63, 3.8) is 0 Å². The molecule has 0 bridgehead atoms. The van der Waals surface area contributed by atoms with Gasteiger partial charge in [-0.1, -0.05) is 51.1 Å². The van der Waals surface area contributed by atoms with Crippen LogP contribution in [0.3, 0.4) is 0 Å². The number of benzene rings is 1. The molecule has 1 aromatic carbocycles. The maximum atomic E-state index is 12.3. The second kappa shape index (κ2) is 6.61. The van der Waals surface area contributed by atoms with Crippen molar-refractivity contribution in [1.29, 1.82) is 0 Å². The largest absolute Gasteiger partial charge is 0.323 e. The molecule has 0 spiro atoms. The summed E-state index contributed by atoms with van der Waals surface area (Å²) in [6.45, 7) is 8.38. The average molecular weight is 353 g/mol. The smallest absolute Gasteiger partial charge is 0.256 e. The molecule has 1 heterocycles. The van der Waals surface area contributed by atoms with Crippen LogP contribution in [0, 0.1) is 6.92 Å². The number of sulfonamides is 1. The summed E-state index contributed by atoms with van der Waals surface area (Å²) in [5.41, 5.74) is 2.06. The molecule has 2 rings (SSSR count). The Hall–Kier alpha value is -1.40. The minimum atomic E-state index is -3.49. The molecule has 23 heavy (non-hydrogen) atoms. The zero-order valence-electron chi connectivity index (χ0n) is 14.3. The lowest BCUT2D eigenvalue weighted by atomic mass is 9.93. The van der Waals surface area contributed by atoms with Crippen LogP contribution in [-0.4, -0.2) is 18.7 Å². The van der Waals surface area contributed by atoms with Gasteiger partial charge in [0.2, 0.25) is 4.80 Å². The highest BCUT2D eigenvalue weighted by Gasteiger charge is 2.21. The van der Waals surface area contributed by atoms with E-state index in [1.165, 1.54) is 11.3 Å². The number of rotatable bonds is 4. The van der Waals surface area contributed by atoms with Crippen LogP contribution < -0.4 is 4.80 Å². The van der Waals surface area contributed by atoms with Crippen molar-refractivity contribution in [1.82, 2.24) is 4.57 Å². The Labute approximate surface area is 142 Å². The van der Waals surface area contributed by atoms with Crippen molar-refractivity contribution in [3.8, 4) is 0 Å². The Kier molecular flexibility index (Phi) is 5.16. The van der Waals surface area contributed by atoms with Crippen LogP contribution in [0.2, 0.25) is 0 Å². The first-order valence-corrected chi connectivity index (χ1v) is 10.0. The van der Waals surface area contributed by atoms with Gasteiger partial charge in [-0.05, 0) is 24.3 Å². The third kappa shape index (κ3) is 4.54. The van der Waals surface area contributed by atoms with Crippen LogP contribution in [-0.2, 0) is 28.9 Å². The van der Waals surface area contributed by atoms with Gasteiger partial charge in [-0.15, -0.1) is 15.7 Å². The van der Waals surface area contributed by atoms with Gasteiger partial charge in [0.15, 0.2) is 0 Å². The van der Waals surface area contributed by atoms with Crippen LogP contribution in [0.25, 0.3) is 0 Å². The van der Waals surface area contributed by atoms with E-state index in [9.17, 15) is 8.42 Å². The molecule has 0 fully saturated rings. The van der Waals surface area contributed by atoms with Gasteiger partial charge in [-0.3, -0.25) is 0 Å². The lowest BCUT2D eigenvalue weighted by molar-refractivity contribution is 0.591. The zero-order valence-corrected chi connectivity index (χ0v) is 16.0. The van der Waals surface area contributed by atoms with Crippen molar-refractivity contribution >= 4 is 21.4 Å². The van der Waals surface area contributed by atoms with E-state index in [4.69, 9.17) is 0 Å². The van der Waals surface area contributed by atoms with Crippen molar-refractivity contribution in [2.24, 2.45) is 11.4 Å². The van der Waals surface area contributed by atoms with Gasteiger partial charge in [0, 0.05) is 17.6 Å². The summed E-state index contributed by atoms with van der Waals surface area (Å²) < 4.78 is 30.6. The first-order chi connectivity index (χ1) is 10.6. The number of hydrogen-bond acceptors (Lipinski definition) is 3. The Morgan fingerprint density at radius 1 is 1.17 bits per heavy atom. The molecule has 0 aliphatic heterocycles. The summed E-state index contributed by atoms with van der Waals surface area (Å²) in [7, 11) is -1.62. The molecule has 0 N–H and O–H groups in total. The van der Waals surface area contributed by atoms with E-state index >= 15 is 0 Å². The van der Waals surface area contributed by atoms with Crippen LogP contribution in [0.5, 0.6) is 0 Å². The van der Waals surface area contributed by atoms with Crippen LogP contribution in [0.1, 0.15) is 36.9 Å². The van der Waals surface area contributed by atoms with E-state index in [-0.39, 0.29) is 11.2 Å². The van der Waals surface area contributed by atoms with Crippen LogP contribution in [0.15, 0.2) is 34.7 Å². The number of nitrogens with zero attached hydrogens (tertiary/aromatic N) is 2. The first-order valence-electron chi connectivity index (χ1n) is 7.60. The molecule has 0 saturated heterocycles. The fraction of sp³-hybridized carbons (Fsp3) is 0.471. The highest BCUT2D eigenvalue weighted by Crippen LogP contribution is 2.27. The van der Waals surface area contributed by atoms with Crippen LogP contribution in [0.4, 0.5) is 0 Å². The van der Waals surface area contributed by atoms with Crippen LogP contribution >= 0.6 is 11.3 Å². The van der Waals surface area contributed by atoms with E-state index in [2.05, 4.69) is 25.2 Å². The highest BCUT2D eigenvalue weighted by molar-refractivity contribution is 7.90. The van der Waals surface area contributed by atoms with Gasteiger partial charge in [0.25, 0.3) is 10.0 Å². The topological polar surface area (TPSA) is 51.4 Å². The predicted molar refractivity (Wildman–Crippen MR) is 96.2 cm³/mol. The van der Waals surface area contributed by atoms with Gasteiger partial charge in [0.05, 0.1) is 5.75 Å². The van der Waals surface area contributed by atoms with Crippen molar-refractivity contribution in [3.05, 3.63) is 51.3 Å². The maximum absolute atomic E-state index is 12.3. The highest BCUT2D eigenvalue weighted by atomic mass is 32.2. The second-order valence-electron chi connectivity index (χ2n) is 6.72. The Morgan fingerprint density at radius 2 is 1.78 bits per heavy atom. The summed E-state index contributed by atoms with van der Waals surface area (Å²) in [5, 5.41) is 0. The fourth-order valence-electron chi connectivity index (χ4n) is 2.36. The van der Waals surface area contributed by atoms with E-state index < -0.39 is 10.0 Å². The van der Waals surface area contributed by atoms with Crippen molar-refractivity contribution in [2.75, 3.05) is 5.75 Å². The molecule has 0 aliphatic carbocycles. The summed E-state index contributed by atoms with van der Waals surface area (Å²) >= 11 is 1.46. The number of aromatic nitrogens is 1. The lowest BCUT2D eigenvalue weighted by Gasteiger charge is -2.17. The van der Waals surface area contributed by atoms with Gasteiger partial charge in [0.1, 0.15) is 0 Å². The number of thiazole rings is 1. The first kappa shape index (κ1) is 17.9. The standard InChI is InChI=1S/C17H24N2O2S2/c1-13-15(17(2,3)4)22-16(19(13)5)18-23(20,21)12-11-14-9-7-6-8-10-14/h6-10H,11-12H2,1-5H3. The SMILES string of the molecule is Cc1c(C(C)(C)C)sc(=NS(=O)(=O)CCc2ccccc2)n1C. The quantitative estimate of drug-likeness (QED) is 0.849. The number of hydrogen-bond donors (Lipinski definition) is 0. The van der Waals surface area contributed by atoms with E-state index in [0.29, 0.717) is 11.2 Å². The molecular weight excluding hydrogens is 328 g/mol. The molecule has 1 aromatic heterocycles. The minimum Gasteiger partial charge on any atom is -0.323 e. The molecule has 0 aliphatic rings. The van der Waals surface area contributed by atoms with E-state index in [1.54, 1.807) is 0 Å². The van der Waals surface area contributed by atoms with Gasteiger partial charge in [-0.2, -0.15) is 0 Å². The van der Waals surface area contributed by atoms with Gasteiger partial charge >= 0.3 is 0 Å². The van der Waals surface area contributed by atoms with Gasteiger partial charge < -0.3 is 4.57 Å². The summed E-state index contributed by atoms with van der Waals surface area (Å²) in [5.74, 6) is 0.0266. The summed E-state index contributed by atoms with van der Waals surface area (Å²) in [4.78, 5) is 1.71. The Balaban J connectivity index is 2.30. The van der Waals surface area contributed by atoms with Gasteiger partial charge in [-0.25, -0.2) is 8.42 Å². The normalized spacial score (nSPS) is 13.5. The van der Waals surface area contributed by atoms with Crippen molar-refractivity contribution in [2.45, 2.75) is 39.5 Å². The molecule has 126 valence electrons. The molecule has 0 amide bonds. The molecule has 0 atom stereocenters.